The number of hydrogen-bond donors (Lipinski definition) is 2. The summed E-state index contributed by atoms with van der Waals surface area (Å²) >= 11 is 0. The van der Waals surface area contributed by atoms with Crippen LogP contribution in [0.3, 0.4) is 0 Å². The van der Waals surface area contributed by atoms with E-state index in [-0.39, 0.29) is 6.03 Å². The van der Waals surface area contributed by atoms with Gasteiger partial charge >= 0.3 is 6.03 Å². The molecule has 0 saturated heterocycles. The first kappa shape index (κ1) is 14.1. The van der Waals surface area contributed by atoms with Gasteiger partial charge in [-0.25, -0.2) is 4.79 Å². The SMILES string of the molecule is Cc1cccc(C(C)C)c1NC(=O)Nc1ccccc1. The Morgan fingerprint density at radius 3 is 2.30 bits per heavy atom. The van der Waals surface area contributed by atoms with E-state index in [1.807, 2.05) is 49.4 Å². The van der Waals surface area contributed by atoms with Crippen LogP contribution in [0.5, 0.6) is 0 Å². The molecule has 0 bridgehead atoms. The molecule has 2 aromatic rings. The second kappa shape index (κ2) is 6.24. The highest BCUT2D eigenvalue weighted by Gasteiger charge is 2.11. The van der Waals surface area contributed by atoms with E-state index in [4.69, 9.17) is 0 Å². The van der Waals surface area contributed by atoms with Crippen molar-refractivity contribution in [1.82, 2.24) is 0 Å². The molecule has 0 aliphatic rings. The number of amides is 2. The number of hydrogen-bond acceptors (Lipinski definition) is 1. The fraction of sp³-hybridized carbons (Fsp3) is 0.235. The molecule has 2 aromatic carbocycles. The third-order valence-corrected chi connectivity index (χ3v) is 3.20. The predicted octanol–water partition coefficient (Wildman–Crippen LogP) is 4.76. The average molecular weight is 268 g/mol. The molecule has 0 aromatic heterocycles. The predicted molar refractivity (Wildman–Crippen MR) is 84.4 cm³/mol. The minimum atomic E-state index is -0.215. The lowest BCUT2D eigenvalue weighted by molar-refractivity contribution is 0.262. The standard InChI is InChI=1S/C17H20N2O/c1-12(2)15-11-7-8-13(3)16(15)19-17(20)18-14-9-5-4-6-10-14/h4-12H,1-3H3,(H2,18,19,20). The van der Waals surface area contributed by atoms with Crippen molar-refractivity contribution >= 4 is 17.4 Å². The Morgan fingerprint density at radius 1 is 0.950 bits per heavy atom. The summed E-state index contributed by atoms with van der Waals surface area (Å²) < 4.78 is 0. The second-order valence-corrected chi connectivity index (χ2v) is 5.14. The van der Waals surface area contributed by atoms with Gasteiger partial charge in [-0.1, -0.05) is 50.2 Å². The quantitative estimate of drug-likeness (QED) is 0.827. The molecular formula is C17H20N2O. The van der Waals surface area contributed by atoms with Gasteiger partial charge in [-0.05, 0) is 36.1 Å². The zero-order valence-corrected chi connectivity index (χ0v) is 12.1. The molecule has 0 spiro atoms. The molecule has 0 atom stereocenters. The number of anilines is 2. The van der Waals surface area contributed by atoms with Gasteiger partial charge in [-0.3, -0.25) is 0 Å². The van der Waals surface area contributed by atoms with Crippen LogP contribution in [-0.4, -0.2) is 6.03 Å². The summed E-state index contributed by atoms with van der Waals surface area (Å²) in [5, 5.41) is 5.79. The summed E-state index contributed by atoms with van der Waals surface area (Å²) in [4.78, 5) is 12.1. The molecule has 0 fully saturated rings. The minimum absolute atomic E-state index is 0.215. The fourth-order valence-corrected chi connectivity index (χ4v) is 2.14. The van der Waals surface area contributed by atoms with E-state index >= 15 is 0 Å². The van der Waals surface area contributed by atoms with Crippen LogP contribution in [0.4, 0.5) is 16.2 Å². The number of carbonyl (C=O) groups is 1. The van der Waals surface area contributed by atoms with E-state index in [1.165, 1.54) is 0 Å². The van der Waals surface area contributed by atoms with E-state index in [0.717, 1.165) is 22.5 Å². The first-order valence-corrected chi connectivity index (χ1v) is 6.80. The number of para-hydroxylation sites is 2. The summed E-state index contributed by atoms with van der Waals surface area (Å²) in [6.07, 6.45) is 0. The monoisotopic (exact) mass is 268 g/mol. The van der Waals surface area contributed by atoms with Crippen molar-refractivity contribution in [3.05, 3.63) is 59.7 Å². The van der Waals surface area contributed by atoms with Gasteiger partial charge < -0.3 is 10.6 Å². The molecule has 2 rings (SSSR count). The Morgan fingerprint density at radius 2 is 1.65 bits per heavy atom. The van der Waals surface area contributed by atoms with E-state index in [9.17, 15) is 4.79 Å². The summed E-state index contributed by atoms with van der Waals surface area (Å²) in [5.41, 5.74) is 3.90. The largest absolute Gasteiger partial charge is 0.323 e. The molecular weight excluding hydrogens is 248 g/mol. The van der Waals surface area contributed by atoms with Crippen LogP contribution in [0.2, 0.25) is 0 Å². The molecule has 2 amide bonds. The van der Waals surface area contributed by atoms with Crippen molar-refractivity contribution in [2.24, 2.45) is 0 Å². The molecule has 0 aliphatic heterocycles. The Labute approximate surface area is 120 Å². The summed E-state index contributed by atoms with van der Waals surface area (Å²) in [6, 6.07) is 15.3. The minimum Gasteiger partial charge on any atom is -0.308 e. The highest BCUT2D eigenvalue weighted by Crippen LogP contribution is 2.27. The van der Waals surface area contributed by atoms with Crippen LogP contribution < -0.4 is 10.6 Å². The van der Waals surface area contributed by atoms with Crippen molar-refractivity contribution in [2.75, 3.05) is 10.6 Å². The summed E-state index contributed by atoms with van der Waals surface area (Å²) in [7, 11) is 0. The number of carbonyl (C=O) groups excluding carboxylic acids is 1. The van der Waals surface area contributed by atoms with Gasteiger partial charge in [0.15, 0.2) is 0 Å². The van der Waals surface area contributed by atoms with Crippen LogP contribution in [0.15, 0.2) is 48.5 Å². The Bertz CT molecular complexity index is 591. The number of aryl methyl sites for hydroxylation is 1. The number of urea groups is 1. The molecule has 20 heavy (non-hydrogen) atoms. The van der Waals surface area contributed by atoms with Gasteiger partial charge in [0.25, 0.3) is 0 Å². The first-order chi connectivity index (χ1) is 9.58. The maximum absolute atomic E-state index is 12.1. The van der Waals surface area contributed by atoms with Crippen LogP contribution in [0.25, 0.3) is 0 Å². The molecule has 0 unspecified atom stereocenters. The second-order valence-electron chi connectivity index (χ2n) is 5.14. The third kappa shape index (κ3) is 3.38. The lowest BCUT2D eigenvalue weighted by atomic mass is 9.98. The van der Waals surface area contributed by atoms with Gasteiger partial charge in [0.1, 0.15) is 0 Å². The van der Waals surface area contributed by atoms with Gasteiger partial charge in [0, 0.05) is 11.4 Å². The number of rotatable bonds is 3. The fourth-order valence-electron chi connectivity index (χ4n) is 2.14. The van der Waals surface area contributed by atoms with Crippen LogP contribution in [0, 0.1) is 6.92 Å². The van der Waals surface area contributed by atoms with Crippen molar-refractivity contribution in [2.45, 2.75) is 26.7 Å². The number of nitrogens with one attached hydrogen (secondary N) is 2. The molecule has 3 heteroatoms. The molecule has 0 heterocycles. The van der Waals surface area contributed by atoms with Gasteiger partial charge in [-0.15, -0.1) is 0 Å². The average Bonchev–Trinajstić information content (AvgIpc) is 2.42. The third-order valence-electron chi connectivity index (χ3n) is 3.20. The lowest BCUT2D eigenvalue weighted by Gasteiger charge is -2.16. The summed E-state index contributed by atoms with van der Waals surface area (Å²) in [6.45, 7) is 6.24. The van der Waals surface area contributed by atoms with Crippen molar-refractivity contribution in [3.8, 4) is 0 Å². The van der Waals surface area contributed by atoms with E-state index < -0.39 is 0 Å². The Kier molecular flexibility index (Phi) is 4.41. The molecule has 2 N–H and O–H groups in total. The van der Waals surface area contributed by atoms with Crippen molar-refractivity contribution in [3.63, 3.8) is 0 Å². The molecule has 104 valence electrons. The highest BCUT2D eigenvalue weighted by molar-refractivity contribution is 6.00. The van der Waals surface area contributed by atoms with E-state index in [2.05, 4.69) is 30.5 Å². The van der Waals surface area contributed by atoms with Gasteiger partial charge in [-0.2, -0.15) is 0 Å². The van der Waals surface area contributed by atoms with Gasteiger partial charge in [0.2, 0.25) is 0 Å². The van der Waals surface area contributed by atoms with Crippen LogP contribution in [-0.2, 0) is 0 Å². The first-order valence-electron chi connectivity index (χ1n) is 6.80. The van der Waals surface area contributed by atoms with Crippen LogP contribution >= 0.6 is 0 Å². The van der Waals surface area contributed by atoms with E-state index in [0.29, 0.717) is 5.92 Å². The summed E-state index contributed by atoms with van der Waals surface area (Å²) in [5.74, 6) is 0.363. The topological polar surface area (TPSA) is 41.1 Å². The molecule has 0 radical (unpaired) electrons. The zero-order chi connectivity index (χ0) is 14.5. The number of benzene rings is 2. The van der Waals surface area contributed by atoms with Gasteiger partial charge in [0.05, 0.1) is 0 Å². The molecule has 0 saturated carbocycles. The maximum Gasteiger partial charge on any atom is 0.323 e. The smallest absolute Gasteiger partial charge is 0.308 e. The molecule has 3 nitrogen and oxygen atoms in total. The lowest BCUT2D eigenvalue weighted by Crippen LogP contribution is -2.21. The highest BCUT2D eigenvalue weighted by atomic mass is 16.2. The maximum atomic E-state index is 12.1. The normalized spacial score (nSPS) is 10.4. The zero-order valence-electron chi connectivity index (χ0n) is 12.1. The Hall–Kier alpha value is -2.29. The molecule has 0 aliphatic carbocycles. The Balaban J connectivity index is 2.16. The van der Waals surface area contributed by atoms with E-state index in [1.54, 1.807) is 0 Å². The van der Waals surface area contributed by atoms with Crippen molar-refractivity contribution in [1.29, 1.82) is 0 Å². The van der Waals surface area contributed by atoms with Crippen molar-refractivity contribution < 1.29 is 4.79 Å². The van der Waals surface area contributed by atoms with Crippen LogP contribution in [0.1, 0.15) is 30.9 Å².